The molecule has 0 unspecified atom stereocenters. The second kappa shape index (κ2) is 6.06. The number of amides is 1. The van der Waals surface area contributed by atoms with Crippen LogP contribution in [-0.4, -0.2) is 38.7 Å². The molecule has 0 saturated carbocycles. The average molecular weight is 375 g/mol. The molecule has 1 aromatic carbocycles. The summed E-state index contributed by atoms with van der Waals surface area (Å²) in [6, 6.07) is 6.32. The highest BCUT2D eigenvalue weighted by molar-refractivity contribution is 9.10. The number of carbonyl (C=O) groups is 1. The summed E-state index contributed by atoms with van der Waals surface area (Å²) in [5, 5.41) is 5.86. The van der Waals surface area contributed by atoms with E-state index in [1.807, 2.05) is 0 Å². The third kappa shape index (κ3) is 3.30. The summed E-state index contributed by atoms with van der Waals surface area (Å²) in [5.41, 5.74) is 0. The van der Waals surface area contributed by atoms with E-state index < -0.39 is 20.5 Å². The molecule has 5 nitrogen and oxygen atoms in total. The van der Waals surface area contributed by atoms with Gasteiger partial charge in [-0.1, -0.05) is 15.9 Å². The van der Waals surface area contributed by atoms with Crippen molar-refractivity contribution >= 4 is 31.7 Å². The number of sulfone groups is 1. The quantitative estimate of drug-likeness (QED) is 0.815. The molecule has 0 spiro atoms. The maximum Gasteiger partial charge on any atom is 0.241 e. The lowest BCUT2D eigenvalue weighted by atomic mass is 10.0. The van der Waals surface area contributed by atoms with Crippen LogP contribution in [0.5, 0.6) is 0 Å². The molecule has 0 aromatic heterocycles. The SMILES string of the molecule is CC(C)(C(=O)NCC1CNC1)S(=O)(=O)c1ccc(Br)cc1. The second-order valence-corrected chi connectivity index (χ2v) is 9.12. The van der Waals surface area contributed by atoms with Gasteiger partial charge in [-0.2, -0.15) is 0 Å². The van der Waals surface area contributed by atoms with Gasteiger partial charge < -0.3 is 10.6 Å². The minimum atomic E-state index is -3.74. The van der Waals surface area contributed by atoms with E-state index in [0.29, 0.717) is 12.5 Å². The molecular formula is C14H19BrN2O3S. The Morgan fingerprint density at radius 3 is 2.38 bits per heavy atom. The molecular weight excluding hydrogens is 356 g/mol. The number of hydrogen-bond acceptors (Lipinski definition) is 4. The monoisotopic (exact) mass is 374 g/mol. The fourth-order valence-electron chi connectivity index (χ4n) is 1.97. The first-order valence-corrected chi connectivity index (χ1v) is 9.02. The van der Waals surface area contributed by atoms with Crippen LogP contribution in [0.15, 0.2) is 33.6 Å². The summed E-state index contributed by atoms with van der Waals surface area (Å²) in [7, 11) is -3.74. The molecule has 116 valence electrons. The Morgan fingerprint density at radius 1 is 1.33 bits per heavy atom. The molecule has 0 radical (unpaired) electrons. The molecule has 1 aliphatic rings. The molecule has 0 aliphatic carbocycles. The summed E-state index contributed by atoms with van der Waals surface area (Å²) in [6.45, 7) is 5.11. The third-order valence-electron chi connectivity index (χ3n) is 3.76. The van der Waals surface area contributed by atoms with Crippen LogP contribution >= 0.6 is 15.9 Å². The number of halogens is 1. The predicted molar refractivity (Wildman–Crippen MR) is 84.8 cm³/mol. The summed E-state index contributed by atoms with van der Waals surface area (Å²) < 4.78 is 24.6. The Morgan fingerprint density at radius 2 is 1.90 bits per heavy atom. The van der Waals surface area contributed by atoms with Gasteiger partial charge in [0.05, 0.1) is 4.90 Å². The molecule has 1 aliphatic heterocycles. The maximum absolute atomic E-state index is 12.6. The van der Waals surface area contributed by atoms with E-state index in [1.165, 1.54) is 26.0 Å². The number of nitrogens with one attached hydrogen (secondary N) is 2. The van der Waals surface area contributed by atoms with Gasteiger partial charge in [0.25, 0.3) is 0 Å². The topological polar surface area (TPSA) is 75.3 Å². The highest BCUT2D eigenvalue weighted by Crippen LogP contribution is 2.26. The molecule has 21 heavy (non-hydrogen) atoms. The Balaban J connectivity index is 2.15. The van der Waals surface area contributed by atoms with Crippen molar-refractivity contribution < 1.29 is 13.2 Å². The standard InChI is InChI=1S/C14H19BrN2O3S/c1-14(2,13(18)17-9-10-7-16-8-10)21(19,20)12-5-3-11(15)4-6-12/h3-6,10,16H,7-9H2,1-2H3,(H,17,18). The molecule has 1 fully saturated rings. The van der Waals surface area contributed by atoms with Gasteiger partial charge in [-0.3, -0.25) is 4.79 Å². The predicted octanol–water partition coefficient (Wildman–Crippen LogP) is 1.34. The van der Waals surface area contributed by atoms with Crippen molar-refractivity contribution in [2.24, 2.45) is 5.92 Å². The molecule has 2 rings (SSSR count). The molecule has 1 amide bonds. The van der Waals surface area contributed by atoms with Crippen LogP contribution in [0, 0.1) is 5.92 Å². The normalized spacial score (nSPS) is 16.3. The summed E-state index contributed by atoms with van der Waals surface area (Å²) >= 11 is 3.27. The van der Waals surface area contributed by atoms with Crippen LogP contribution < -0.4 is 10.6 Å². The zero-order chi connectivity index (χ0) is 15.7. The molecule has 0 atom stereocenters. The van der Waals surface area contributed by atoms with Crippen LogP contribution in [0.3, 0.4) is 0 Å². The Kier molecular flexibility index (Phi) is 4.75. The van der Waals surface area contributed by atoms with Crippen molar-refractivity contribution in [2.75, 3.05) is 19.6 Å². The molecule has 1 saturated heterocycles. The Labute approximate surface area is 133 Å². The van der Waals surface area contributed by atoms with Gasteiger partial charge >= 0.3 is 0 Å². The highest BCUT2D eigenvalue weighted by atomic mass is 79.9. The fourth-order valence-corrected chi connectivity index (χ4v) is 3.64. The smallest absolute Gasteiger partial charge is 0.241 e. The van der Waals surface area contributed by atoms with Crippen molar-refractivity contribution in [3.63, 3.8) is 0 Å². The van der Waals surface area contributed by atoms with Gasteiger partial charge in [-0.05, 0) is 38.1 Å². The first-order chi connectivity index (χ1) is 9.75. The minimum absolute atomic E-state index is 0.149. The van der Waals surface area contributed by atoms with Crippen LogP contribution in [0.1, 0.15) is 13.8 Å². The Hall–Kier alpha value is -0.920. The summed E-state index contributed by atoms with van der Waals surface area (Å²) in [5.74, 6) is -0.0718. The number of rotatable bonds is 5. The molecule has 7 heteroatoms. The van der Waals surface area contributed by atoms with E-state index in [2.05, 4.69) is 26.6 Å². The third-order valence-corrected chi connectivity index (χ3v) is 6.71. The van der Waals surface area contributed by atoms with E-state index in [4.69, 9.17) is 0 Å². The number of carbonyl (C=O) groups excluding carboxylic acids is 1. The van der Waals surface area contributed by atoms with E-state index in [0.717, 1.165) is 17.6 Å². The van der Waals surface area contributed by atoms with Gasteiger partial charge in [0, 0.05) is 30.0 Å². The van der Waals surface area contributed by atoms with Crippen LogP contribution in [0.4, 0.5) is 0 Å². The summed E-state index contributed by atoms with van der Waals surface area (Å²) in [4.78, 5) is 12.4. The highest BCUT2D eigenvalue weighted by Gasteiger charge is 2.42. The van der Waals surface area contributed by atoms with Crippen LogP contribution in [0.2, 0.25) is 0 Å². The first kappa shape index (κ1) is 16.5. The molecule has 2 N–H and O–H groups in total. The fraction of sp³-hybridized carbons (Fsp3) is 0.500. The van der Waals surface area contributed by atoms with Gasteiger partial charge in [-0.25, -0.2) is 8.42 Å². The van der Waals surface area contributed by atoms with Gasteiger partial charge in [-0.15, -0.1) is 0 Å². The lowest BCUT2D eigenvalue weighted by Crippen LogP contribution is -2.53. The number of benzene rings is 1. The average Bonchev–Trinajstić information content (AvgIpc) is 2.37. The first-order valence-electron chi connectivity index (χ1n) is 6.74. The van der Waals surface area contributed by atoms with Crippen molar-refractivity contribution in [1.29, 1.82) is 0 Å². The van der Waals surface area contributed by atoms with Crippen molar-refractivity contribution in [3.8, 4) is 0 Å². The van der Waals surface area contributed by atoms with Crippen LogP contribution in [0.25, 0.3) is 0 Å². The van der Waals surface area contributed by atoms with Gasteiger partial charge in [0.2, 0.25) is 5.91 Å². The molecule has 1 heterocycles. The van der Waals surface area contributed by atoms with Gasteiger partial charge in [0.1, 0.15) is 4.75 Å². The maximum atomic E-state index is 12.6. The lowest BCUT2D eigenvalue weighted by Gasteiger charge is -2.29. The van der Waals surface area contributed by atoms with E-state index in [9.17, 15) is 13.2 Å². The van der Waals surface area contributed by atoms with Crippen molar-refractivity contribution in [3.05, 3.63) is 28.7 Å². The lowest BCUT2D eigenvalue weighted by molar-refractivity contribution is -0.123. The van der Waals surface area contributed by atoms with Crippen molar-refractivity contribution in [1.82, 2.24) is 10.6 Å². The van der Waals surface area contributed by atoms with E-state index >= 15 is 0 Å². The summed E-state index contributed by atoms with van der Waals surface area (Å²) in [6.07, 6.45) is 0. The van der Waals surface area contributed by atoms with Gasteiger partial charge in [0.15, 0.2) is 9.84 Å². The molecule has 1 aromatic rings. The van der Waals surface area contributed by atoms with Crippen LogP contribution in [-0.2, 0) is 14.6 Å². The second-order valence-electron chi connectivity index (χ2n) is 5.70. The zero-order valence-electron chi connectivity index (χ0n) is 12.0. The van der Waals surface area contributed by atoms with Crippen molar-refractivity contribution in [2.45, 2.75) is 23.5 Å². The largest absolute Gasteiger partial charge is 0.354 e. The minimum Gasteiger partial charge on any atom is -0.354 e. The number of hydrogen-bond donors (Lipinski definition) is 2. The Bertz CT molecular complexity index is 622. The van der Waals surface area contributed by atoms with E-state index in [1.54, 1.807) is 12.1 Å². The molecule has 0 bridgehead atoms. The zero-order valence-corrected chi connectivity index (χ0v) is 14.4. The van der Waals surface area contributed by atoms with E-state index in [-0.39, 0.29) is 4.90 Å².